The van der Waals surface area contributed by atoms with Gasteiger partial charge >= 0.3 is 0 Å². The number of para-hydroxylation sites is 1. The molecule has 312 valence electrons. The van der Waals surface area contributed by atoms with Crippen molar-refractivity contribution in [3.05, 3.63) is 263 Å². The molecule has 0 spiro atoms. The van der Waals surface area contributed by atoms with Crippen LogP contribution in [0.3, 0.4) is 0 Å². The van der Waals surface area contributed by atoms with Gasteiger partial charge in [0.1, 0.15) is 5.82 Å². The van der Waals surface area contributed by atoms with Gasteiger partial charge < -0.3 is 4.90 Å². The third-order valence-electron chi connectivity index (χ3n) is 13.6. The first-order valence-electron chi connectivity index (χ1n) is 22.6. The second-order valence-corrected chi connectivity index (χ2v) is 17.5. The summed E-state index contributed by atoms with van der Waals surface area (Å²) in [5.41, 5.74) is 17.9. The van der Waals surface area contributed by atoms with E-state index in [-0.39, 0.29) is 17.7 Å². The van der Waals surface area contributed by atoms with Crippen molar-refractivity contribution in [1.82, 2.24) is 0 Å². The maximum Gasteiger partial charge on any atom is 0.132 e. The number of allylic oxidation sites excluding steroid dienone is 5. The SMILES string of the molecule is CC1=CC(/C(=C\c2ccc(N(c3ccccc3)c3ccc(/C=C/C=C4c5ccccc5-c5ccccc54)c4ccccc34)cc2F)c2cc(C)c3ccccc3c2)C(C)c2ccccc21. The lowest BCUT2D eigenvalue weighted by molar-refractivity contribution is 0.624. The fourth-order valence-corrected chi connectivity index (χ4v) is 10.4. The molecule has 2 aliphatic rings. The quantitative estimate of drug-likeness (QED) is 0.138. The summed E-state index contributed by atoms with van der Waals surface area (Å²) >= 11 is 0. The van der Waals surface area contributed by atoms with Gasteiger partial charge in [-0.05, 0) is 151 Å². The van der Waals surface area contributed by atoms with Gasteiger partial charge in [0, 0.05) is 28.2 Å². The Balaban J connectivity index is 1.00. The van der Waals surface area contributed by atoms with Crippen LogP contribution in [0.4, 0.5) is 21.5 Å². The first-order valence-corrected chi connectivity index (χ1v) is 22.6. The molecule has 2 atom stereocenters. The van der Waals surface area contributed by atoms with E-state index in [1.807, 2.05) is 24.3 Å². The average molecular weight is 838 g/mol. The molecule has 9 aromatic rings. The summed E-state index contributed by atoms with van der Waals surface area (Å²) in [6.45, 7) is 6.69. The molecule has 2 aliphatic carbocycles. The average Bonchev–Trinajstić information content (AvgIpc) is 3.66. The van der Waals surface area contributed by atoms with Crippen LogP contribution in [0.15, 0.2) is 212 Å². The van der Waals surface area contributed by atoms with E-state index in [0.717, 1.165) is 44.5 Å². The van der Waals surface area contributed by atoms with Crippen LogP contribution in [0.1, 0.15) is 64.3 Å². The molecule has 65 heavy (non-hydrogen) atoms. The number of nitrogens with zero attached hydrogens (tertiary/aromatic N) is 1. The summed E-state index contributed by atoms with van der Waals surface area (Å²) < 4.78 is 17.2. The second kappa shape index (κ2) is 16.7. The minimum atomic E-state index is -0.269. The van der Waals surface area contributed by atoms with Crippen LogP contribution < -0.4 is 4.90 Å². The number of benzene rings is 9. The van der Waals surface area contributed by atoms with E-state index in [2.05, 4.69) is 220 Å². The van der Waals surface area contributed by atoms with Crippen LogP contribution in [0.25, 0.3) is 61.5 Å². The number of halogens is 1. The van der Waals surface area contributed by atoms with Gasteiger partial charge in [0.15, 0.2) is 0 Å². The summed E-state index contributed by atoms with van der Waals surface area (Å²) in [5.74, 6) is -0.0250. The van der Waals surface area contributed by atoms with E-state index >= 15 is 4.39 Å². The zero-order valence-electron chi connectivity index (χ0n) is 36.8. The molecular formula is C63H48FN. The van der Waals surface area contributed by atoms with Crippen molar-refractivity contribution < 1.29 is 4.39 Å². The van der Waals surface area contributed by atoms with Gasteiger partial charge in [-0.25, -0.2) is 4.39 Å². The Labute approximate surface area is 381 Å². The Bertz CT molecular complexity index is 3390. The fourth-order valence-electron chi connectivity index (χ4n) is 10.4. The lowest BCUT2D eigenvalue weighted by Crippen LogP contribution is -2.16. The molecule has 2 unspecified atom stereocenters. The summed E-state index contributed by atoms with van der Waals surface area (Å²) in [6.07, 6.45) is 11.1. The van der Waals surface area contributed by atoms with E-state index < -0.39 is 0 Å². The van der Waals surface area contributed by atoms with Crippen molar-refractivity contribution in [3.63, 3.8) is 0 Å². The molecule has 0 radical (unpaired) electrons. The number of hydrogen-bond donors (Lipinski definition) is 0. The van der Waals surface area contributed by atoms with Gasteiger partial charge in [-0.15, -0.1) is 0 Å². The van der Waals surface area contributed by atoms with E-state index in [0.29, 0.717) is 5.56 Å². The Morgan fingerprint density at radius 2 is 1.15 bits per heavy atom. The smallest absolute Gasteiger partial charge is 0.132 e. The van der Waals surface area contributed by atoms with Crippen LogP contribution >= 0.6 is 0 Å². The van der Waals surface area contributed by atoms with E-state index in [1.54, 1.807) is 6.07 Å². The zero-order valence-corrected chi connectivity index (χ0v) is 36.8. The van der Waals surface area contributed by atoms with Gasteiger partial charge in [0.05, 0.1) is 5.69 Å². The zero-order chi connectivity index (χ0) is 44.0. The first kappa shape index (κ1) is 40.0. The molecule has 1 nitrogen and oxygen atoms in total. The molecule has 0 saturated heterocycles. The molecular weight excluding hydrogens is 790 g/mol. The van der Waals surface area contributed by atoms with Gasteiger partial charge in [0.25, 0.3) is 0 Å². The minimum Gasteiger partial charge on any atom is -0.310 e. The molecule has 0 amide bonds. The predicted octanol–water partition coefficient (Wildman–Crippen LogP) is 17.4. The molecule has 0 heterocycles. The van der Waals surface area contributed by atoms with Crippen LogP contribution in [-0.2, 0) is 0 Å². The lowest BCUT2D eigenvalue weighted by Gasteiger charge is -2.32. The topological polar surface area (TPSA) is 3.24 Å². The van der Waals surface area contributed by atoms with Crippen molar-refractivity contribution in [3.8, 4) is 11.1 Å². The molecule has 9 aromatic carbocycles. The molecule has 0 fully saturated rings. The van der Waals surface area contributed by atoms with Crippen molar-refractivity contribution in [1.29, 1.82) is 0 Å². The third kappa shape index (κ3) is 7.22. The van der Waals surface area contributed by atoms with Crippen molar-refractivity contribution in [2.45, 2.75) is 26.7 Å². The van der Waals surface area contributed by atoms with E-state index in [9.17, 15) is 0 Å². The van der Waals surface area contributed by atoms with E-state index in [1.165, 1.54) is 60.9 Å². The Hall–Kier alpha value is -7.81. The molecule has 11 rings (SSSR count). The monoisotopic (exact) mass is 837 g/mol. The van der Waals surface area contributed by atoms with Gasteiger partial charge in [-0.3, -0.25) is 0 Å². The molecule has 0 N–H and O–H groups in total. The van der Waals surface area contributed by atoms with Crippen molar-refractivity contribution in [2.75, 3.05) is 4.90 Å². The second-order valence-electron chi connectivity index (χ2n) is 17.5. The first-order chi connectivity index (χ1) is 31.9. The Kier molecular flexibility index (Phi) is 10.3. The maximum absolute atomic E-state index is 17.2. The number of rotatable bonds is 8. The maximum atomic E-state index is 17.2. The standard InChI is InChI=1S/C63H48FN/c1-41-36-47(38-45-18-7-8-22-50(41)45)61(60-37-42(2)51-23-9-10-24-52(51)43(60)3)39-46-32-34-49(40-62(46)64)65(48-20-5-4-6-21-48)63-35-33-44(53-25-11-16-30-59(53)63)19-17-31-58-56-28-14-12-26-54(56)55-27-13-15-29-57(55)58/h4-40,43,60H,1-3H3/b19-17+,61-39-. The van der Waals surface area contributed by atoms with Crippen LogP contribution in [0.5, 0.6) is 0 Å². The largest absolute Gasteiger partial charge is 0.310 e. The highest BCUT2D eigenvalue weighted by Crippen LogP contribution is 2.47. The van der Waals surface area contributed by atoms with Gasteiger partial charge in [-0.2, -0.15) is 0 Å². The third-order valence-corrected chi connectivity index (χ3v) is 13.6. The molecule has 0 aromatic heterocycles. The molecule has 0 aliphatic heterocycles. The van der Waals surface area contributed by atoms with Gasteiger partial charge in [-0.1, -0.05) is 183 Å². The summed E-state index contributed by atoms with van der Waals surface area (Å²) in [6, 6.07) is 68.0. The Morgan fingerprint density at radius 1 is 0.538 bits per heavy atom. The number of hydrogen-bond acceptors (Lipinski definition) is 1. The van der Waals surface area contributed by atoms with Crippen molar-refractivity contribution >= 4 is 67.5 Å². The highest BCUT2D eigenvalue weighted by molar-refractivity contribution is 6.04. The Morgan fingerprint density at radius 3 is 1.89 bits per heavy atom. The van der Waals surface area contributed by atoms with Crippen LogP contribution in [0.2, 0.25) is 0 Å². The molecule has 0 saturated carbocycles. The highest BCUT2D eigenvalue weighted by Gasteiger charge is 2.29. The lowest BCUT2D eigenvalue weighted by atomic mass is 9.72. The minimum absolute atomic E-state index is 0.0465. The van der Waals surface area contributed by atoms with Crippen LogP contribution in [-0.4, -0.2) is 0 Å². The molecule has 2 heteroatoms. The van der Waals surface area contributed by atoms with Crippen molar-refractivity contribution in [2.24, 2.45) is 5.92 Å². The number of anilines is 3. The number of fused-ring (bicyclic) bond motifs is 6. The molecule has 0 bridgehead atoms. The summed E-state index contributed by atoms with van der Waals surface area (Å²) in [5, 5.41) is 4.61. The predicted molar refractivity (Wildman–Crippen MR) is 275 cm³/mol. The highest BCUT2D eigenvalue weighted by atomic mass is 19.1. The fraction of sp³-hybridized carbons (Fsp3) is 0.0794. The van der Waals surface area contributed by atoms with Gasteiger partial charge in [0.2, 0.25) is 0 Å². The summed E-state index contributed by atoms with van der Waals surface area (Å²) in [4.78, 5) is 2.18. The van der Waals surface area contributed by atoms with Crippen LogP contribution in [0, 0.1) is 18.7 Å². The number of aryl methyl sites for hydroxylation is 1. The normalized spacial score (nSPS) is 15.5. The van der Waals surface area contributed by atoms with E-state index in [4.69, 9.17) is 0 Å². The summed E-state index contributed by atoms with van der Waals surface area (Å²) in [7, 11) is 0.